The van der Waals surface area contributed by atoms with E-state index >= 15 is 0 Å². The number of benzene rings is 2. The molecule has 1 aromatic heterocycles. The summed E-state index contributed by atoms with van der Waals surface area (Å²) >= 11 is 13.4. The number of likely N-dealkylation sites (N-methyl/N-ethyl adjacent to an activating group) is 1. The SMILES string of the molecule is Cc1cc(C)c2cccc(OCc3c(Cl)ccc(S(=O)(=O)NC4(C(=O)N5CC[N+](C)(CCCC[N+](C)(C)C)CC5)CCOCC4)c3Cl)c2n1.O=C([O-])C(F)(F)F.O=C([O-])C(F)(F)F. The predicted octanol–water partition coefficient (Wildman–Crippen LogP) is 3.94. The van der Waals surface area contributed by atoms with Crippen molar-refractivity contribution in [2.45, 2.75) is 68.9 Å². The van der Waals surface area contributed by atoms with E-state index in [-0.39, 0.29) is 53.5 Å². The lowest BCUT2D eigenvalue weighted by atomic mass is 9.89. The van der Waals surface area contributed by atoms with Gasteiger partial charge in [-0.25, -0.2) is 13.4 Å². The minimum Gasteiger partial charge on any atom is -0.542 e. The van der Waals surface area contributed by atoms with Crippen LogP contribution in [0.3, 0.4) is 0 Å². The van der Waals surface area contributed by atoms with Gasteiger partial charge in [-0.15, -0.1) is 0 Å². The third-order valence-electron chi connectivity index (χ3n) is 10.4. The number of para-hydroxylation sites is 1. The molecule has 3 aromatic rings. The number of amides is 1. The Hall–Kier alpha value is -3.99. The number of nitrogens with one attached hydrogen (secondary N) is 1. The Labute approximate surface area is 371 Å². The van der Waals surface area contributed by atoms with Crippen LogP contribution in [0, 0.1) is 13.8 Å². The third kappa shape index (κ3) is 15.3. The lowest BCUT2D eigenvalue weighted by molar-refractivity contribution is -0.914. The van der Waals surface area contributed by atoms with Crippen LogP contribution in [-0.4, -0.2) is 144 Å². The van der Waals surface area contributed by atoms with Crippen molar-refractivity contribution in [2.75, 3.05) is 80.7 Å². The zero-order chi connectivity index (χ0) is 47.8. The number of unbranched alkanes of at least 4 members (excludes halogenated alkanes) is 1. The van der Waals surface area contributed by atoms with Gasteiger partial charge in [0, 0.05) is 47.7 Å². The number of ether oxygens (including phenoxy) is 2. The zero-order valence-corrected chi connectivity index (χ0v) is 37.9. The minimum atomic E-state index is -5.19. The number of sulfonamides is 1. The van der Waals surface area contributed by atoms with E-state index in [2.05, 4.69) is 37.9 Å². The van der Waals surface area contributed by atoms with E-state index in [1.54, 1.807) is 0 Å². The molecule has 0 saturated carbocycles. The topological polar surface area (TPSA) is 178 Å². The van der Waals surface area contributed by atoms with Crippen molar-refractivity contribution in [2.24, 2.45) is 0 Å². The van der Waals surface area contributed by atoms with Crippen LogP contribution in [0.25, 0.3) is 10.9 Å². The average molecular weight is 963 g/mol. The lowest BCUT2D eigenvalue weighted by Crippen LogP contribution is -2.66. The number of carboxylic acid groups (broad SMARTS) is 2. The maximum atomic E-state index is 14.2. The molecule has 5 rings (SSSR count). The number of rotatable bonds is 12. The molecule has 2 aliphatic heterocycles. The summed E-state index contributed by atoms with van der Waals surface area (Å²) in [5.41, 5.74) is 1.62. The first kappa shape index (κ1) is 53.3. The number of hydrogen-bond donors (Lipinski definition) is 1. The molecule has 2 aromatic carbocycles. The molecular formula is C40H51Cl2F6N5O9S. The van der Waals surface area contributed by atoms with Gasteiger partial charge in [-0.2, -0.15) is 31.1 Å². The highest BCUT2D eigenvalue weighted by Crippen LogP contribution is 2.36. The summed E-state index contributed by atoms with van der Waals surface area (Å²) in [6.45, 7) is 9.39. The van der Waals surface area contributed by atoms with Gasteiger partial charge in [0.2, 0.25) is 15.9 Å². The first-order valence-corrected chi connectivity index (χ1v) is 21.7. The molecule has 0 atom stereocenters. The fourth-order valence-electron chi connectivity index (χ4n) is 6.89. The number of aromatic nitrogens is 1. The molecule has 0 spiro atoms. The Morgan fingerprint density at radius 3 is 2.03 bits per heavy atom. The van der Waals surface area contributed by atoms with Crippen molar-refractivity contribution in [1.29, 1.82) is 0 Å². The van der Waals surface area contributed by atoms with Gasteiger partial charge >= 0.3 is 12.4 Å². The van der Waals surface area contributed by atoms with Gasteiger partial charge in [0.05, 0.1) is 72.5 Å². The lowest BCUT2D eigenvalue weighted by Gasteiger charge is -2.45. The summed E-state index contributed by atoms with van der Waals surface area (Å²) in [6.07, 6.45) is -7.64. The number of piperazine rings is 1. The van der Waals surface area contributed by atoms with E-state index < -0.39 is 39.9 Å². The molecule has 2 fully saturated rings. The number of quaternary nitrogens is 2. The largest absolute Gasteiger partial charge is 0.542 e. The molecule has 0 unspecified atom stereocenters. The zero-order valence-electron chi connectivity index (χ0n) is 35.6. The van der Waals surface area contributed by atoms with Crippen molar-refractivity contribution in [1.82, 2.24) is 14.6 Å². The normalized spacial score (nSPS) is 16.6. The second kappa shape index (κ2) is 21.3. The van der Waals surface area contributed by atoms with Crippen LogP contribution < -0.4 is 19.7 Å². The van der Waals surface area contributed by atoms with Gasteiger partial charge in [-0.1, -0.05) is 35.3 Å². The van der Waals surface area contributed by atoms with Crippen LogP contribution >= 0.6 is 23.2 Å². The van der Waals surface area contributed by atoms with Gasteiger partial charge in [0.1, 0.15) is 40.2 Å². The Morgan fingerprint density at radius 2 is 1.51 bits per heavy atom. The number of halogens is 8. The quantitative estimate of drug-likeness (QED) is 0.159. The fraction of sp³-hybridized carbons (Fsp3) is 0.550. The van der Waals surface area contributed by atoms with Crippen LogP contribution in [0.2, 0.25) is 10.0 Å². The fourth-order valence-corrected chi connectivity index (χ4v) is 9.19. The highest BCUT2D eigenvalue weighted by Gasteiger charge is 2.47. The summed E-state index contributed by atoms with van der Waals surface area (Å²) in [5.74, 6) is -5.69. The number of carbonyl (C=O) groups is 3. The molecule has 0 bridgehead atoms. The van der Waals surface area contributed by atoms with Gasteiger partial charge in [0.25, 0.3) is 0 Å². The highest BCUT2D eigenvalue weighted by molar-refractivity contribution is 7.89. The number of alkyl halides is 6. The molecule has 23 heteroatoms. The molecule has 2 saturated heterocycles. The van der Waals surface area contributed by atoms with Gasteiger partial charge in [-0.3, -0.25) is 4.79 Å². The molecule has 2 aliphatic rings. The van der Waals surface area contributed by atoms with Crippen molar-refractivity contribution in [3.05, 3.63) is 63.3 Å². The van der Waals surface area contributed by atoms with Crippen LogP contribution in [0.1, 0.15) is 42.5 Å². The van der Waals surface area contributed by atoms with E-state index in [4.69, 9.17) is 52.5 Å². The third-order valence-corrected chi connectivity index (χ3v) is 12.9. The first-order valence-electron chi connectivity index (χ1n) is 19.5. The minimum absolute atomic E-state index is 0.0495. The summed E-state index contributed by atoms with van der Waals surface area (Å²) < 4.78 is 108. The number of fused-ring (bicyclic) bond motifs is 1. The standard InChI is InChI=1S/C36H51Cl2N5O5S.2C2HF3O2/c1-26-24-27(2)39-34-28(26)10-9-11-31(34)48-25-29-30(37)12-13-32(33(29)38)49(45,46)40-36(14-22-47-23-15-36)35(44)41-16-20-43(6,21-17-41)19-8-7-18-42(3,4)5;2*3-2(4,5)1(6)7/h9-13,24,40H,7-8,14-23,25H2,1-6H3;2*(H,6,7)/q+2;;/p-2. The van der Waals surface area contributed by atoms with E-state index in [1.807, 2.05) is 43.0 Å². The summed E-state index contributed by atoms with van der Waals surface area (Å²) in [6, 6.07) is 10.6. The number of carbonyl (C=O) groups excluding carboxylic acids is 3. The molecule has 63 heavy (non-hydrogen) atoms. The van der Waals surface area contributed by atoms with E-state index in [0.717, 1.165) is 64.6 Å². The van der Waals surface area contributed by atoms with E-state index in [0.29, 0.717) is 29.9 Å². The van der Waals surface area contributed by atoms with Gasteiger partial charge in [-0.05, 0) is 56.5 Å². The molecule has 1 N–H and O–H groups in total. The van der Waals surface area contributed by atoms with E-state index in [1.165, 1.54) is 12.1 Å². The van der Waals surface area contributed by atoms with Gasteiger partial charge < -0.3 is 43.1 Å². The molecular weight excluding hydrogens is 911 g/mol. The predicted molar refractivity (Wildman–Crippen MR) is 217 cm³/mol. The Bertz CT molecular complexity index is 2190. The molecule has 0 radical (unpaired) electrons. The number of aliphatic carboxylic acids is 2. The maximum Gasteiger partial charge on any atom is 0.430 e. The summed E-state index contributed by atoms with van der Waals surface area (Å²) in [5, 5.41) is 18.7. The maximum absolute atomic E-state index is 14.2. The number of nitrogens with zero attached hydrogens (tertiary/aromatic N) is 4. The van der Waals surface area contributed by atoms with Crippen LogP contribution in [-0.2, 0) is 35.8 Å². The second-order valence-electron chi connectivity index (χ2n) is 16.5. The van der Waals surface area contributed by atoms with Crippen LogP contribution in [0.4, 0.5) is 26.3 Å². The Kier molecular flexibility index (Phi) is 18.1. The van der Waals surface area contributed by atoms with Gasteiger partial charge in [0.15, 0.2) is 0 Å². The monoisotopic (exact) mass is 961 g/mol. The molecule has 1 amide bonds. The molecule has 0 aliphatic carbocycles. The summed E-state index contributed by atoms with van der Waals surface area (Å²) in [7, 11) is 4.62. The smallest absolute Gasteiger partial charge is 0.430 e. The first-order chi connectivity index (χ1) is 28.9. The van der Waals surface area contributed by atoms with Crippen molar-refractivity contribution < 1.29 is 77.8 Å². The summed E-state index contributed by atoms with van der Waals surface area (Å²) in [4.78, 5) is 38.1. The van der Waals surface area contributed by atoms with Crippen molar-refractivity contribution >= 4 is 62.0 Å². The number of hydrogen-bond acceptors (Lipinski definition) is 10. The molecule has 3 heterocycles. The Morgan fingerprint density at radius 1 is 0.952 bits per heavy atom. The van der Waals surface area contributed by atoms with Crippen molar-refractivity contribution in [3.63, 3.8) is 0 Å². The number of carboxylic acids is 2. The van der Waals surface area contributed by atoms with Crippen LogP contribution in [0.5, 0.6) is 5.75 Å². The number of pyridine rings is 1. The Balaban J connectivity index is 0.000000650. The van der Waals surface area contributed by atoms with E-state index in [9.17, 15) is 39.6 Å². The highest BCUT2D eigenvalue weighted by atomic mass is 35.5. The molecule has 14 nitrogen and oxygen atoms in total. The molecule has 352 valence electrons. The number of aryl methyl sites for hydroxylation is 2. The average Bonchev–Trinajstić information content (AvgIpc) is 3.16. The second-order valence-corrected chi connectivity index (χ2v) is 19.0. The van der Waals surface area contributed by atoms with Crippen molar-refractivity contribution in [3.8, 4) is 5.75 Å². The van der Waals surface area contributed by atoms with Crippen LogP contribution in [0.15, 0.2) is 41.3 Å².